The number of fused-ring (bicyclic) bond motifs is 4. The lowest BCUT2D eigenvalue weighted by Crippen LogP contribution is -2.07. The van der Waals surface area contributed by atoms with Crippen LogP contribution in [0.5, 0.6) is 0 Å². The normalized spacial score (nSPS) is 12.4. The van der Waals surface area contributed by atoms with Crippen molar-refractivity contribution in [2.24, 2.45) is 0 Å². The summed E-state index contributed by atoms with van der Waals surface area (Å²) >= 11 is 12.2. The molecule has 6 heteroatoms. The lowest BCUT2D eigenvalue weighted by Gasteiger charge is -2.24. The van der Waals surface area contributed by atoms with Crippen LogP contribution in [-0.4, -0.2) is 9.97 Å². The van der Waals surface area contributed by atoms with Crippen LogP contribution in [0.2, 0.25) is 10.0 Å². The van der Waals surface area contributed by atoms with E-state index in [0.717, 1.165) is 44.8 Å². The maximum Gasteiger partial charge on any atom is 0.0916 e. The first-order chi connectivity index (χ1) is 11.7. The van der Waals surface area contributed by atoms with Gasteiger partial charge in [0.05, 0.1) is 54.9 Å². The molecule has 4 aromatic rings. The quantitative estimate of drug-likeness (QED) is 0.341. The smallest absolute Gasteiger partial charge is 0.0916 e. The van der Waals surface area contributed by atoms with Crippen molar-refractivity contribution >= 4 is 68.0 Å². The number of nitrogens with one attached hydrogen (secondary N) is 2. The summed E-state index contributed by atoms with van der Waals surface area (Å²) in [7, 11) is 0. The fourth-order valence-corrected chi connectivity index (χ4v) is 3.25. The van der Waals surface area contributed by atoms with Crippen LogP contribution in [0.1, 0.15) is 0 Å². The second-order valence-electron chi connectivity index (χ2n) is 5.66. The number of rotatable bonds is 0. The van der Waals surface area contributed by atoms with Gasteiger partial charge in [0.15, 0.2) is 0 Å². The van der Waals surface area contributed by atoms with E-state index < -0.39 is 0 Å². The lowest BCUT2D eigenvalue weighted by atomic mass is 10.1. The van der Waals surface area contributed by atoms with Crippen molar-refractivity contribution in [1.29, 1.82) is 0 Å². The molecular formula is C18H10Cl2N4. The molecule has 0 bridgehead atoms. The van der Waals surface area contributed by atoms with Gasteiger partial charge in [0, 0.05) is 0 Å². The van der Waals surface area contributed by atoms with Crippen LogP contribution >= 0.6 is 23.2 Å². The van der Waals surface area contributed by atoms with Gasteiger partial charge in [-0.3, -0.25) is 0 Å². The maximum absolute atomic E-state index is 6.11. The Labute approximate surface area is 147 Å². The van der Waals surface area contributed by atoms with Crippen LogP contribution < -0.4 is 10.6 Å². The first kappa shape index (κ1) is 13.8. The first-order valence-electron chi connectivity index (χ1n) is 7.41. The molecule has 1 aliphatic rings. The third-order valence-corrected chi connectivity index (χ3v) is 4.80. The number of hydrogen-bond acceptors (Lipinski definition) is 4. The molecule has 0 aliphatic carbocycles. The van der Waals surface area contributed by atoms with Crippen molar-refractivity contribution in [2.75, 3.05) is 10.6 Å². The van der Waals surface area contributed by atoms with E-state index in [1.807, 2.05) is 48.5 Å². The van der Waals surface area contributed by atoms with Gasteiger partial charge in [0.25, 0.3) is 0 Å². The van der Waals surface area contributed by atoms with Gasteiger partial charge >= 0.3 is 0 Å². The largest absolute Gasteiger partial charge is 0.352 e. The van der Waals surface area contributed by atoms with E-state index >= 15 is 0 Å². The van der Waals surface area contributed by atoms with Gasteiger partial charge in [-0.05, 0) is 36.4 Å². The molecule has 1 aliphatic heterocycles. The lowest BCUT2D eigenvalue weighted by molar-refractivity contribution is 1.38. The fraction of sp³-hybridized carbons (Fsp3) is 0. The zero-order valence-corrected chi connectivity index (χ0v) is 13.8. The number of hydrogen-bond donors (Lipinski definition) is 2. The van der Waals surface area contributed by atoms with E-state index in [4.69, 9.17) is 33.2 Å². The predicted octanol–water partition coefficient (Wildman–Crippen LogP) is 5.89. The second kappa shape index (κ2) is 4.97. The molecule has 5 rings (SSSR count). The molecule has 24 heavy (non-hydrogen) atoms. The highest BCUT2D eigenvalue weighted by Crippen LogP contribution is 2.43. The van der Waals surface area contributed by atoms with E-state index in [0.29, 0.717) is 10.0 Å². The van der Waals surface area contributed by atoms with Crippen LogP contribution in [0.4, 0.5) is 22.7 Å². The summed E-state index contributed by atoms with van der Waals surface area (Å²) in [6.07, 6.45) is 0. The summed E-state index contributed by atoms with van der Waals surface area (Å²) in [5, 5.41) is 7.78. The Morgan fingerprint density at radius 2 is 1.00 bits per heavy atom. The van der Waals surface area contributed by atoms with Crippen molar-refractivity contribution in [3.63, 3.8) is 0 Å². The fourth-order valence-electron chi connectivity index (χ4n) is 2.92. The number of benzene rings is 3. The number of para-hydroxylation sites is 2. The standard InChI is InChI=1S/C18H10Cl2N4/c19-9-5-13-14(6-10(9)20)24-18-8-16-15(7-17(18)23-13)21-11-3-1-2-4-12(11)22-16/h1-8,23-24H. The average Bonchev–Trinajstić information content (AvgIpc) is 2.58. The van der Waals surface area contributed by atoms with E-state index in [-0.39, 0.29) is 0 Å². The Kier molecular flexibility index (Phi) is 2.86. The summed E-state index contributed by atoms with van der Waals surface area (Å²) in [4.78, 5) is 9.39. The van der Waals surface area contributed by atoms with Gasteiger partial charge in [-0.1, -0.05) is 35.3 Å². The summed E-state index contributed by atoms with van der Waals surface area (Å²) < 4.78 is 0. The number of nitrogens with zero attached hydrogens (tertiary/aromatic N) is 2. The van der Waals surface area contributed by atoms with Crippen LogP contribution in [-0.2, 0) is 0 Å². The van der Waals surface area contributed by atoms with Crippen molar-refractivity contribution in [3.05, 3.63) is 58.6 Å². The van der Waals surface area contributed by atoms with Crippen molar-refractivity contribution in [3.8, 4) is 0 Å². The van der Waals surface area contributed by atoms with E-state index in [1.54, 1.807) is 0 Å². The zero-order chi connectivity index (χ0) is 16.3. The molecule has 2 heterocycles. The van der Waals surface area contributed by atoms with Gasteiger partial charge in [0.2, 0.25) is 0 Å². The molecule has 0 atom stereocenters. The van der Waals surface area contributed by atoms with E-state index in [2.05, 4.69) is 10.6 Å². The van der Waals surface area contributed by atoms with Gasteiger partial charge in [0.1, 0.15) is 0 Å². The third-order valence-electron chi connectivity index (χ3n) is 4.08. The highest BCUT2D eigenvalue weighted by atomic mass is 35.5. The molecule has 4 nitrogen and oxygen atoms in total. The molecule has 0 amide bonds. The highest BCUT2D eigenvalue weighted by molar-refractivity contribution is 6.42. The molecule has 0 saturated heterocycles. The molecule has 1 aromatic heterocycles. The van der Waals surface area contributed by atoms with Crippen molar-refractivity contribution < 1.29 is 0 Å². The van der Waals surface area contributed by atoms with E-state index in [9.17, 15) is 0 Å². The summed E-state index contributed by atoms with van der Waals surface area (Å²) in [5.41, 5.74) is 7.05. The molecule has 2 N–H and O–H groups in total. The maximum atomic E-state index is 6.11. The Morgan fingerprint density at radius 3 is 1.46 bits per heavy atom. The first-order valence-corrected chi connectivity index (χ1v) is 8.17. The molecular weight excluding hydrogens is 343 g/mol. The minimum Gasteiger partial charge on any atom is -0.352 e. The predicted molar refractivity (Wildman–Crippen MR) is 100 cm³/mol. The molecule has 116 valence electrons. The highest BCUT2D eigenvalue weighted by Gasteiger charge is 2.17. The number of anilines is 4. The van der Waals surface area contributed by atoms with Gasteiger partial charge in [-0.15, -0.1) is 0 Å². The Bertz CT molecular complexity index is 1050. The molecule has 0 unspecified atom stereocenters. The van der Waals surface area contributed by atoms with Gasteiger partial charge in [-0.25, -0.2) is 9.97 Å². The monoisotopic (exact) mass is 352 g/mol. The SMILES string of the molecule is Clc1cc2c(cc1Cl)Nc1cc3nc4ccccc4nc3cc1N2. The minimum atomic E-state index is 0.514. The second-order valence-corrected chi connectivity index (χ2v) is 6.48. The molecule has 0 radical (unpaired) electrons. The molecule has 0 saturated carbocycles. The Balaban J connectivity index is 1.71. The van der Waals surface area contributed by atoms with Crippen LogP contribution in [0.3, 0.4) is 0 Å². The van der Waals surface area contributed by atoms with Crippen LogP contribution in [0.15, 0.2) is 48.5 Å². The minimum absolute atomic E-state index is 0.514. The van der Waals surface area contributed by atoms with Gasteiger partial charge < -0.3 is 10.6 Å². The van der Waals surface area contributed by atoms with Crippen LogP contribution in [0.25, 0.3) is 22.1 Å². The van der Waals surface area contributed by atoms with Gasteiger partial charge in [-0.2, -0.15) is 0 Å². The number of aromatic nitrogens is 2. The topological polar surface area (TPSA) is 49.8 Å². The zero-order valence-electron chi connectivity index (χ0n) is 12.3. The Hall–Kier alpha value is -2.56. The molecule has 0 spiro atoms. The van der Waals surface area contributed by atoms with Crippen molar-refractivity contribution in [1.82, 2.24) is 9.97 Å². The summed E-state index contributed by atoms with van der Waals surface area (Å²) in [5.74, 6) is 0. The molecule has 0 fully saturated rings. The van der Waals surface area contributed by atoms with Crippen LogP contribution in [0, 0.1) is 0 Å². The number of halogens is 2. The third kappa shape index (κ3) is 2.08. The van der Waals surface area contributed by atoms with Crippen molar-refractivity contribution in [2.45, 2.75) is 0 Å². The summed E-state index contributed by atoms with van der Waals surface area (Å²) in [6.45, 7) is 0. The average molecular weight is 353 g/mol. The summed E-state index contributed by atoms with van der Waals surface area (Å²) in [6, 6.07) is 15.4. The van der Waals surface area contributed by atoms with E-state index in [1.165, 1.54) is 0 Å². The molecule has 3 aromatic carbocycles. The Morgan fingerprint density at radius 1 is 0.583 bits per heavy atom.